The van der Waals surface area contributed by atoms with Gasteiger partial charge < -0.3 is 9.80 Å². The van der Waals surface area contributed by atoms with Crippen LogP contribution < -0.4 is 4.90 Å². The lowest BCUT2D eigenvalue weighted by Gasteiger charge is -2.34. The molecule has 1 aromatic heterocycles. The monoisotopic (exact) mass is 526 g/mol. The van der Waals surface area contributed by atoms with E-state index in [2.05, 4.69) is 9.88 Å². The molecule has 2 heterocycles. The first-order valence-corrected chi connectivity index (χ1v) is 13.5. The van der Waals surface area contributed by atoms with Crippen LogP contribution in [-0.2, 0) is 10.0 Å². The quantitative estimate of drug-likeness (QED) is 0.442. The van der Waals surface area contributed by atoms with Gasteiger partial charge in [0.15, 0.2) is 5.13 Å². The molecule has 0 aliphatic carbocycles. The second-order valence-corrected chi connectivity index (χ2v) is 11.1. The highest BCUT2D eigenvalue weighted by Gasteiger charge is 2.26. The van der Waals surface area contributed by atoms with Crippen molar-refractivity contribution in [2.45, 2.75) is 17.7 Å². The van der Waals surface area contributed by atoms with Gasteiger partial charge in [-0.05, 0) is 42.5 Å². The van der Waals surface area contributed by atoms with Gasteiger partial charge in [-0.1, -0.05) is 11.3 Å². The van der Waals surface area contributed by atoms with Gasteiger partial charge in [0.2, 0.25) is 10.0 Å². The minimum atomic E-state index is -3.89. The minimum Gasteiger partial charge on any atom is -0.345 e. The van der Waals surface area contributed by atoms with Crippen LogP contribution in [-0.4, -0.2) is 67.8 Å². The van der Waals surface area contributed by atoms with E-state index >= 15 is 0 Å². The topological polar surface area (TPSA) is 121 Å². The lowest BCUT2D eigenvalue weighted by atomic mass is 10.2. The number of sulfonamides is 1. The molecule has 186 valence electrons. The number of anilines is 1. The Bertz CT molecular complexity index is 1420. The smallest absolute Gasteiger partial charge is 0.253 e. The number of rotatable bonds is 8. The van der Waals surface area contributed by atoms with Gasteiger partial charge in [-0.25, -0.2) is 17.8 Å². The summed E-state index contributed by atoms with van der Waals surface area (Å²) in [6.45, 7) is 2.09. The molecular formula is C24H23FN6O3S2. The van der Waals surface area contributed by atoms with Crippen molar-refractivity contribution in [3.05, 3.63) is 53.8 Å². The van der Waals surface area contributed by atoms with Crippen molar-refractivity contribution in [2.75, 3.05) is 44.2 Å². The normalized spacial score (nSPS) is 14.1. The zero-order valence-electron chi connectivity index (χ0n) is 19.3. The maximum Gasteiger partial charge on any atom is 0.253 e. The Hall–Kier alpha value is -3.58. The first-order valence-electron chi connectivity index (χ1n) is 11.3. The number of hydrogen-bond donors (Lipinski definition) is 0. The fourth-order valence-electron chi connectivity index (χ4n) is 3.93. The van der Waals surface area contributed by atoms with Crippen LogP contribution in [0.4, 0.5) is 9.52 Å². The molecular weight excluding hydrogens is 503 g/mol. The van der Waals surface area contributed by atoms with Gasteiger partial charge in [-0.2, -0.15) is 14.8 Å². The maximum atomic E-state index is 13.5. The van der Waals surface area contributed by atoms with Crippen LogP contribution in [0.3, 0.4) is 0 Å². The average molecular weight is 527 g/mol. The van der Waals surface area contributed by atoms with Crippen LogP contribution in [0.2, 0.25) is 0 Å². The van der Waals surface area contributed by atoms with Gasteiger partial charge in [-0.3, -0.25) is 4.79 Å². The third-order valence-electron chi connectivity index (χ3n) is 5.86. The second kappa shape index (κ2) is 11.0. The second-order valence-electron chi connectivity index (χ2n) is 8.13. The predicted molar refractivity (Wildman–Crippen MR) is 133 cm³/mol. The van der Waals surface area contributed by atoms with Gasteiger partial charge in [-0.15, -0.1) is 0 Å². The summed E-state index contributed by atoms with van der Waals surface area (Å²) < 4.78 is 41.3. The van der Waals surface area contributed by atoms with E-state index < -0.39 is 10.0 Å². The summed E-state index contributed by atoms with van der Waals surface area (Å²) in [6.07, 6.45) is 0.0300. The fourth-order valence-corrected chi connectivity index (χ4v) is 6.41. The summed E-state index contributed by atoms with van der Waals surface area (Å²) in [5.41, 5.74) is 1.11. The van der Waals surface area contributed by atoms with E-state index in [1.54, 1.807) is 11.0 Å². The molecule has 1 fully saturated rings. The number of piperazine rings is 1. The molecule has 0 saturated carbocycles. The fraction of sp³-hybridized carbons (Fsp3) is 0.333. The number of nitrogens with zero attached hydrogens (tertiary/aromatic N) is 6. The SMILES string of the molecule is N#CCCN(CCC#N)S(=O)(=O)c1ccc(C(=O)N2CCN(c3nc4ccc(F)cc4s3)CC2)cc1. The summed E-state index contributed by atoms with van der Waals surface area (Å²) in [4.78, 5) is 21.4. The van der Waals surface area contributed by atoms with E-state index in [-0.39, 0.29) is 42.6 Å². The van der Waals surface area contributed by atoms with Crippen molar-refractivity contribution in [1.29, 1.82) is 10.5 Å². The third kappa shape index (κ3) is 5.46. The van der Waals surface area contributed by atoms with Gasteiger partial charge >= 0.3 is 0 Å². The number of amides is 1. The van der Waals surface area contributed by atoms with Crippen molar-refractivity contribution in [3.8, 4) is 12.1 Å². The molecule has 4 rings (SSSR count). The Morgan fingerprint density at radius 1 is 1.03 bits per heavy atom. The van der Waals surface area contributed by atoms with E-state index in [1.165, 1.54) is 47.7 Å². The summed E-state index contributed by atoms with van der Waals surface area (Å²) >= 11 is 1.41. The van der Waals surface area contributed by atoms with Gasteiger partial charge in [0.05, 0.1) is 27.3 Å². The number of halogens is 1. The first-order chi connectivity index (χ1) is 17.3. The first kappa shape index (κ1) is 25.5. The minimum absolute atomic E-state index is 0.00489. The Morgan fingerprint density at radius 3 is 2.28 bits per heavy atom. The standard InChI is InChI=1S/C24H23FN6O3S2/c25-19-5-8-21-22(17-19)35-24(28-21)30-15-13-29(14-16-30)23(32)18-3-6-20(7-4-18)36(33,34)31(11-1-9-26)12-2-10-27/h3-8,17H,1-2,11-16H2. The van der Waals surface area contributed by atoms with Gasteiger partial charge in [0, 0.05) is 57.7 Å². The number of hydrogen-bond acceptors (Lipinski definition) is 8. The lowest BCUT2D eigenvalue weighted by Crippen LogP contribution is -2.48. The van der Waals surface area contributed by atoms with Crippen molar-refractivity contribution in [3.63, 3.8) is 0 Å². The molecule has 36 heavy (non-hydrogen) atoms. The summed E-state index contributed by atoms with van der Waals surface area (Å²) in [5, 5.41) is 18.4. The highest BCUT2D eigenvalue weighted by atomic mass is 32.2. The van der Waals surface area contributed by atoms with Crippen LogP contribution in [0.25, 0.3) is 10.2 Å². The van der Waals surface area contributed by atoms with Crippen LogP contribution in [0.5, 0.6) is 0 Å². The molecule has 0 atom stereocenters. The van der Waals surface area contributed by atoms with Crippen molar-refractivity contribution in [2.24, 2.45) is 0 Å². The molecule has 1 aliphatic rings. The zero-order valence-corrected chi connectivity index (χ0v) is 20.9. The predicted octanol–water partition coefficient (Wildman–Crippen LogP) is 3.22. The molecule has 1 amide bonds. The molecule has 9 nitrogen and oxygen atoms in total. The number of fused-ring (bicyclic) bond motifs is 1. The molecule has 2 aromatic carbocycles. The van der Waals surface area contributed by atoms with Crippen LogP contribution in [0.1, 0.15) is 23.2 Å². The molecule has 0 N–H and O–H groups in total. The highest BCUT2D eigenvalue weighted by molar-refractivity contribution is 7.89. The van der Waals surface area contributed by atoms with E-state index in [0.29, 0.717) is 31.7 Å². The number of carbonyl (C=O) groups excluding carboxylic acids is 1. The van der Waals surface area contributed by atoms with Gasteiger partial charge in [0.1, 0.15) is 5.82 Å². The van der Waals surface area contributed by atoms with E-state index in [0.717, 1.165) is 19.7 Å². The molecule has 0 radical (unpaired) electrons. The Labute approximate surface area is 212 Å². The summed E-state index contributed by atoms with van der Waals surface area (Å²) in [7, 11) is -3.89. The highest BCUT2D eigenvalue weighted by Crippen LogP contribution is 2.30. The number of thiazole rings is 1. The summed E-state index contributed by atoms with van der Waals surface area (Å²) in [6, 6.07) is 14.1. The van der Waals surface area contributed by atoms with Crippen LogP contribution >= 0.6 is 11.3 Å². The maximum absolute atomic E-state index is 13.5. The molecule has 0 bridgehead atoms. The molecule has 1 saturated heterocycles. The Morgan fingerprint density at radius 2 is 1.67 bits per heavy atom. The molecule has 1 aliphatic heterocycles. The largest absolute Gasteiger partial charge is 0.345 e. The van der Waals surface area contributed by atoms with Crippen LogP contribution in [0, 0.1) is 28.5 Å². The van der Waals surface area contributed by atoms with E-state index in [1.807, 2.05) is 12.1 Å². The Kier molecular flexibility index (Phi) is 7.79. The number of aromatic nitrogens is 1. The zero-order chi connectivity index (χ0) is 25.7. The van der Waals surface area contributed by atoms with E-state index in [9.17, 15) is 17.6 Å². The number of nitriles is 2. The lowest BCUT2D eigenvalue weighted by molar-refractivity contribution is 0.0746. The van der Waals surface area contributed by atoms with E-state index in [4.69, 9.17) is 10.5 Å². The Balaban J connectivity index is 1.40. The molecule has 3 aromatic rings. The van der Waals surface area contributed by atoms with Gasteiger partial charge in [0.25, 0.3) is 5.91 Å². The number of benzene rings is 2. The number of carbonyl (C=O) groups is 1. The van der Waals surface area contributed by atoms with Crippen molar-refractivity contribution < 1.29 is 17.6 Å². The summed E-state index contributed by atoms with van der Waals surface area (Å²) in [5.74, 6) is -0.500. The molecule has 12 heteroatoms. The van der Waals surface area contributed by atoms with Crippen molar-refractivity contribution in [1.82, 2.24) is 14.2 Å². The third-order valence-corrected chi connectivity index (χ3v) is 8.85. The van der Waals surface area contributed by atoms with Crippen molar-refractivity contribution >= 4 is 42.6 Å². The van der Waals surface area contributed by atoms with Crippen LogP contribution in [0.15, 0.2) is 47.4 Å². The average Bonchev–Trinajstić information content (AvgIpc) is 3.31. The molecule has 0 spiro atoms. The molecule has 0 unspecified atom stereocenters.